The quantitative estimate of drug-likeness (QED) is 0.0913. The zero-order chi connectivity index (χ0) is 28.4. The fraction of sp³-hybridized carbons (Fsp3) is 0.885. The minimum atomic E-state index is -1.28. The van der Waals surface area contributed by atoms with Crippen molar-refractivity contribution in [2.45, 2.75) is 101 Å². The highest BCUT2D eigenvalue weighted by Crippen LogP contribution is 2.30. The molecular formula is C26H49N5O8. The fourth-order valence-electron chi connectivity index (χ4n) is 4.86. The maximum absolute atomic E-state index is 12.4. The van der Waals surface area contributed by atoms with Gasteiger partial charge in [0.25, 0.3) is 0 Å². The Morgan fingerprint density at radius 2 is 2.05 bits per heavy atom. The van der Waals surface area contributed by atoms with Crippen molar-refractivity contribution in [3.8, 4) is 0 Å². The van der Waals surface area contributed by atoms with E-state index in [-0.39, 0.29) is 38.5 Å². The Bertz CT molecular complexity index is 773. The van der Waals surface area contributed by atoms with E-state index >= 15 is 0 Å². The summed E-state index contributed by atoms with van der Waals surface area (Å²) < 4.78 is 24.0. The molecule has 226 valence electrons. The molecule has 0 saturated heterocycles. The van der Waals surface area contributed by atoms with Gasteiger partial charge in [0.05, 0.1) is 25.8 Å². The molecule has 2 saturated carbocycles. The molecule has 1 aliphatic heterocycles. The Morgan fingerprint density at radius 1 is 1.28 bits per heavy atom. The first-order chi connectivity index (χ1) is 18.8. The topological polar surface area (TPSA) is 203 Å². The minimum absolute atomic E-state index is 0.0928. The molecule has 1 amide bonds. The van der Waals surface area contributed by atoms with E-state index in [1.165, 1.54) is 12.8 Å². The first-order valence-corrected chi connectivity index (χ1v) is 14.2. The average Bonchev–Trinajstić information content (AvgIpc) is 3.74. The molecule has 3 aliphatic rings. The van der Waals surface area contributed by atoms with Crippen LogP contribution in [0.3, 0.4) is 0 Å². The normalized spacial score (nSPS) is 31.6. The molecule has 0 radical (unpaired) electrons. The van der Waals surface area contributed by atoms with E-state index < -0.39 is 55.1 Å². The number of amides is 1. The van der Waals surface area contributed by atoms with Crippen LogP contribution >= 0.6 is 0 Å². The highest BCUT2D eigenvalue weighted by Gasteiger charge is 2.48. The maximum atomic E-state index is 12.4. The van der Waals surface area contributed by atoms with Crippen LogP contribution in [0.1, 0.15) is 45.4 Å². The van der Waals surface area contributed by atoms with E-state index in [1.54, 1.807) is 14.0 Å². The third kappa shape index (κ3) is 9.88. The summed E-state index contributed by atoms with van der Waals surface area (Å²) in [5, 5.41) is 40.8. The highest BCUT2D eigenvalue weighted by atomic mass is 16.7. The lowest BCUT2D eigenvalue weighted by Crippen LogP contribution is -2.66. The van der Waals surface area contributed by atoms with E-state index in [0.717, 1.165) is 24.6 Å². The summed E-state index contributed by atoms with van der Waals surface area (Å²) in [5.74, 6) is 1.25. The van der Waals surface area contributed by atoms with Crippen molar-refractivity contribution >= 4 is 5.91 Å². The molecule has 13 nitrogen and oxygen atoms in total. The number of likely N-dealkylation sites (N-methyl/N-ethyl adjacent to an activating group) is 1. The third-order valence-electron chi connectivity index (χ3n) is 7.44. The van der Waals surface area contributed by atoms with Crippen LogP contribution in [0.15, 0.2) is 11.8 Å². The van der Waals surface area contributed by atoms with Crippen LogP contribution in [-0.4, -0.2) is 116 Å². The summed E-state index contributed by atoms with van der Waals surface area (Å²) in [6, 6.07) is -1.75. The smallest absolute Gasteiger partial charge is 0.221 e. The fourth-order valence-corrected chi connectivity index (χ4v) is 4.86. The van der Waals surface area contributed by atoms with Gasteiger partial charge >= 0.3 is 0 Å². The van der Waals surface area contributed by atoms with Crippen LogP contribution in [0.4, 0.5) is 0 Å². The van der Waals surface area contributed by atoms with Crippen molar-refractivity contribution in [3.63, 3.8) is 0 Å². The number of hydrogen-bond donors (Lipinski definition) is 8. The van der Waals surface area contributed by atoms with Gasteiger partial charge in [0, 0.05) is 31.5 Å². The van der Waals surface area contributed by atoms with Gasteiger partial charge in [-0.15, -0.1) is 0 Å². The molecule has 3 rings (SSSR count). The van der Waals surface area contributed by atoms with Gasteiger partial charge in [0.1, 0.15) is 30.2 Å². The number of hydrogen-bond acceptors (Lipinski definition) is 12. The number of ether oxygens (including phenoxy) is 4. The molecule has 0 spiro atoms. The lowest BCUT2D eigenvalue weighted by Gasteiger charge is -2.46. The molecule has 0 unspecified atom stereocenters. The number of carbonyl (C=O) groups excluding carboxylic acids is 1. The van der Waals surface area contributed by atoms with Crippen molar-refractivity contribution < 1.29 is 39.1 Å². The molecule has 0 bridgehead atoms. The van der Waals surface area contributed by atoms with Crippen molar-refractivity contribution in [3.05, 3.63) is 11.8 Å². The van der Waals surface area contributed by atoms with Gasteiger partial charge in [-0.1, -0.05) is 0 Å². The van der Waals surface area contributed by atoms with Crippen LogP contribution in [0.5, 0.6) is 0 Å². The minimum Gasteiger partial charge on any atom is -0.468 e. The summed E-state index contributed by atoms with van der Waals surface area (Å²) in [5.41, 5.74) is 12.0. The second-order valence-corrected chi connectivity index (χ2v) is 10.7. The van der Waals surface area contributed by atoms with Crippen molar-refractivity contribution in [2.24, 2.45) is 17.4 Å². The molecule has 0 aromatic carbocycles. The number of nitrogens with one attached hydrogen (secondary N) is 3. The maximum Gasteiger partial charge on any atom is 0.221 e. The molecule has 2 aliphatic carbocycles. The molecule has 0 aromatic heterocycles. The summed E-state index contributed by atoms with van der Waals surface area (Å²) in [4.78, 5) is 12.4. The van der Waals surface area contributed by atoms with Crippen LogP contribution in [0.25, 0.3) is 0 Å². The Kier molecular flexibility index (Phi) is 13.3. The molecule has 1 heterocycles. The van der Waals surface area contributed by atoms with E-state index in [2.05, 4.69) is 16.0 Å². The van der Waals surface area contributed by atoms with E-state index in [1.807, 2.05) is 6.08 Å². The largest absolute Gasteiger partial charge is 0.468 e. The standard InChI is InChI=1S/C26H49N5O8/c1-15(29-2)22(34)26(36-11-10-32)39-25-19(31-20(33)8-9-27)12-18(28)24(23(25)35)38-21-5-3-4-17(37-21)14-30-13-16-6-7-16/h4,15-16,18-19,21-26,29-30,32,34-35H,3,5-14,27-28H2,1-2H3,(H,31,33)/t15-,18-,19+,21+,22+,23-,24+,25-,26+/m0/s1. The van der Waals surface area contributed by atoms with Gasteiger partial charge in [-0.3, -0.25) is 4.79 Å². The molecule has 39 heavy (non-hydrogen) atoms. The van der Waals surface area contributed by atoms with Gasteiger partial charge in [-0.25, -0.2) is 0 Å². The first-order valence-electron chi connectivity index (χ1n) is 14.2. The third-order valence-corrected chi connectivity index (χ3v) is 7.44. The average molecular weight is 560 g/mol. The van der Waals surface area contributed by atoms with Crippen LogP contribution in [0.2, 0.25) is 0 Å². The second-order valence-electron chi connectivity index (χ2n) is 10.7. The van der Waals surface area contributed by atoms with Crippen molar-refractivity contribution in [1.82, 2.24) is 16.0 Å². The molecule has 0 aromatic rings. The Hall–Kier alpha value is -1.39. The molecule has 13 heteroatoms. The van der Waals surface area contributed by atoms with E-state index in [4.69, 9.17) is 30.4 Å². The van der Waals surface area contributed by atoms with E-state index in [9.17, 15) is 20.1 Å². The summed E-state index contributed by atoms with van der Waals surface area (Å²) in [6.45, 7) is 3.10. The van der Waals surface area contributed by atoms with Crippen LogP contribution in [0, 0.1) is 5.92 Å². The predicted octanol–water partition coefficient (Wildman–Crippen LogP) is -1.99. The zero-order valence-electron chi connectivity index (χ0n) is 23.2. The van der Waals surface area contributed by atoms with Gasteiger partial charge in [0.15, 0.2) is 12.6 Å². The Balaban J connectivity index is 1.70. The van der Waals surface area contributed by atoms with Gasteiger partial charge in [-0.05, 0) is 58.2 Å². The number of allylic oxidation sites excluding steroid dienone is 1. The van der Waals surface area contributed by atoms with Gasteiger partial charge < -0.3 is 61.7 Å². The van der Waals surface area contributed by atoms with Crippen LogP contribution < -0.4 is 27.4 Å². The molecule has 2 fully saturated rings. The number of aliphatic hydroxyl groups is 3. The number of aliphatic hydroxyl groups excluding tert-OH is 3. The lowest BCUT2D eigenvalue weighted by molar-refractivity contribution is -0.271. The number of nitrogens with two attached hydrogens (primary N) is 2. The summed E-state index contributed by atoms with van der Waals surface area (Å²) in [7, 11) is 1.68. The molecule has 9 atom stereocenters. The van der Waals surface area contributed by atoms with Gasteiger partial charge in [-0.2, -0.15) is 0 Å². The summed E-state index contributed by atoms with van der Waals surface area (Å²) >= 11 is 0. The van der Waals surface area contributed by atoms with Crippen LogP contribution in [-0.2, 0) is 23.7 Å². The Labute approximate surface area is 230 Å². The SMILES string of the molecule is CN[C@@H](C)[C@@H](O)[C@H](OCCO)O[C@@H]1[C@@H](O)[C@H](O[C@@H]2CCC=C(CNCC3CC3)O2)[C@@H](N)C[C@H]1NC(=O)CCN. The molecular weight excluding hydrogens is 510 g/mol. The van der Waals surface area contributed by atoms with Gasteiger partial charge in [0.2, 0.25) is 5.91 Å². The number of rotatable bonds is 17. The zero-order valence-corrected chi connectivity index (χ0v) is 23.2. The van der Waals surface area contributed by atoms with Crippen molar-refractivity contribution in [1.29, 1.82) is 0 Å². The number of carbonyl (C=O) groups is 1. The van der Waals surface area contributed by atoms with Crippen molar-refractivity contribution in [2.75, 3.05) is 39.9 Å². The predicted molar refractivity (Wildman–Crippen MR) is 143 cm³/mol. The second kappa shape index (κ2) is 16.2. The lowest BCUT2D eigenvalue weighted by atomic mass is 9.83. The highest BCUT2D eigenvalue weighted by molar-refractivity contribution is 5.76. The van der Waals surface area contributed by atoms with E-state index in [0.29, 0.717) is 13.0 Å². The summed E-state index contributed by atoms with van der Waals surface area (Å²) in [6.07, 6.45) is 0.172. The Morgan fingerprint density at radius 3 is 2.72 bits per heavy atom. The monoisotopic (exact) mass is 559 g/mol. The first kappa shape index (κ1) is 32.1. The molecule has 10 N–H and O–H groups in total.